The van der Waals surface area contributed by atoms with E-state index in [1.54, 1.807) is 12.1 Å². The second-order valence-electron chi connectivity index (χ2n) is 10.9. The number of benzene rings is 2. The molecule has 0 bridgehead atoms. The molecule has 2 fully saturated rings. The molecule has 2 aliphatic heterocycles. The van der Waals surface area contributed by atoms with Gasteiger partial charge in [0.25, 0.3) is 0 Å². The zero-order valence-electron chi connectivity index (χ0n) is 20.9. The number of hydrogen-bond donors (Lipinski definition) is 2. The van der Waals surface area contributed by atoms with Crippen molar-refractivity contribution in [3.63, 3.8) is 0 Å². The Balaban J connectivity index is 1.48. The number of anilines is 1. The van der Waals surface area contributed by atoms with E-state index in [1.165, 1.54) is 25.9 Å². The molecular formula is C30H36FN3O2. The first-order valence-electron chi connectivity index (χ1n) is 13.7. The highest BCUT2D eigenvalue weighted by Crippen LogP contribution is 2.47. The molecule has 1 aliphatic carbocycles. The largest absolute Gasteiger partial charge is 0.478 e. The quantitative estimate of drug-likeness (QED) is 0.420. The zero-order valence-corrected chi connectivity index (χ0v) is 20.9. The zero-order chi connectivity index (χ0) is 24.6. The molecule has 0 amide bonds. The number of nitrogens with one attached hydrogen (secondary N) is 1. The predicted octanol–water partition coefficient (Wildman–Crippen LogP) is 6.67. The fraction of sp³-hybridized carbons (Fsp3) is 0.500. The van der Waals surface area contributed by atoms with E-state index >= 15 is 4.39 Å². The van der Waals surface area contributed by atoms with E-state index in [1.807, 2.05) is 6.07 Å². The van der Waals surface area contributed by atoms with Gasteiger partial charge in [-0.15, -0.1) is 0 Å². The maximum absolute atomic E-state index is 15.5. The standard InChI is InChI=1S/C30H36FN3O2/c31-25-9-3-1-7-22(25)28-24-12-11-20(30(35)36)19-27(24)34-18-14-21(13-17-33-15-5-6-16-33)32-26-10-4-2-8-23(26)29(28)34/h2,4,8,10-12,19,21-22,25,32H,1,3,5-7,9,13-18H2,(H,35,36)/t21?,22?,25-/m0/s1. The van der Waals surface area contributed by atoms with Crippen LogP contribution in [0, 0.1) is 0 Å². The number of para-hydroxylation sites is 1. The summed E-state index contributed by atoms with van der Waals surface area (Å²) >= 11 is 0. The van der Waals surface area contributed by atoms with Gasteiger partial charge in [0.1, 0.15) is 6.17 Å². The second-order valence-corrected chi connectivity index (χ2v) is 10.9. The van der Waals surface area contributed by atoms with Crippen LogP contribution in [0.15, 0.2) is 42.5 Å². The number of carboxylic acid groups (broad SMARTS) is 1. The lowest BCUT2D eigenvalue weighted by molar-refractivity contribution is 0.0697. The number of nitrogens with zero attached hydrogens (tertiary/aromatic N) is 2. The molecule has 0 radical (unpaired) electrons. The lowest BCUT2D eigenvalue weighted by Crippen LogP contribution is -2.30. The highest BCUT2D eigenvalue weighted by molar-refractivity contribution is 5.99. The minimum atomic E-state index is -0.925. The number of likely N-dealkylation sites (tertiary alicyclic amines) is 1. The molecule has 3 aliphatic rings. The van der Waals surface area contributed by atoms with E-state index in [0.717, 1.165) is 78.6 Å². The van der Waals surface area contributed by atoms with Crippen molar-refractivity contribution >= 4 is 22.6 Å². The Morgan fingerprint density at radius 1 is 1.00 bits per heavy atom. The lowest BCUT2D eigenvalue weighted by Gasteiger charge is -2.30. The monoisotopic (exact) mass is 489 g/mol. The summed E-state index contributed by atoms with van der Waals surface area (Å²) in [5.74, 6) is -1.09. The average molecular weight is 490 g/mol. The molecule has 36 heavy (non-hydrogen) atoms. The lowest BCUT2D eigenvalue weighted by atomic mass is 9.80. The number of aromatic carboxylic acids is 1. The number of alkyl halides is 1. The molecule has 6 rings (SSSR count). The summed E-state index contributed by atoms with van der Waals surface area (Å²) in [6.45, 7) is 4.27. The van der Waals surface area contributed by atoms with Crippen LogP contribution < -0.4 is 5.32 Å². The normalized spacial score (nSPS) is 24.5. The van der Waals surface area contributed by atoms with Crippen LogP contribution in [0.5, 0.6) is 0 Å². The van der Waals surface area contributed by atoms with Crippen molar-refractivity contribution < 1.29 is 14.3 Å². The van der Waals surface area contributed by atoms with Gasteiger partial charge in [-0.1, -0.05) is 37.1 Å². The Labute approximate surface area is 212 Å². The molecule has 2 aromatic carbocycles. The molecule has 3 atom stereocenters. The molecule has 2 N–H and O–H groups in total. The van der Waals surface area contributed by atoms with Crippen LogP contribution in [0.25, 0.3) is 22.2 Å². The van der Waals surface area contributed by atoms with Crippen LogP contribution in [0.4, 0.5) is 10.1 Å². The van der Waals surface area contributed by atoms with Crippen LogP contribution in [-0.2, 0) is 6.54 Å². The predicted molar refractivity (Wildman–Crippen MR) is 143 cm³/mol. The molecule has 5 nitrogen and oxygen atoms in total. The van der Waals surface area contributed by atoms with Gasteiger partial charge in [-0.2, -0.15) is 0 Å². The van der Waals surface area contributed by atoms with Crippen molar-refractivity contribution in [2.75, 3.05) is 25.0 Å². The van der Waals surface area contributed by atoms with Crippen molar-refractivity contribution in [2.24, 2.45) is 0 Å². The Hall–Kier alpha value is -2.86. The van der Waals surface area contributed by atoms with Gasteiger partial charge in [-0.25, -0.2) is 9.18 Å². The average Bonchev–Trinajstić information content (AvgIpc) is 3.50. The van der Waals surface area contributed by atoms with Gasteiger partial charge >= 0.3 is 5.97 Å². The van der Waals surface area contributed by atoms with E-state index in [0.29, 0.717) is 12.5 Å². The van der Waals surface area contributed by atoms with Gasteiger partial charge in [-0.3, -0.25) is 0 Å². The Bertz CT molecular complexity index is 1260. The summed E-state index contributed by atoms with van der Waals surface area (Å²) in [5.41, 5.74) is 5.55. The van der Waals surface area contributed by atoms with Crippen molar-refractivity contribution in [2.45, 2.75) is 76.0 Å². The van der Waals surface area contributed by atoms with Crippen molar-refractivity contribution in [1.82, 2.24) is 9.47 Å². The Morgan fingerprint density at radius 3 is 2.61 bits per heavy atom. The summed E-state index contributed by atoms with van der Waals surface area (Å²) < 4.78 is 17.8. The third kappa shape index (κ3) is 4.30. The van der Waals surface area contributed by atoms with Gasteiger partial charge in [0.2, 0.25) is 0 Å². The van der Waals surface area contributed by atoms with Gasteiger partial charge in [0.15, 0.2) is 0 Å². The molecule has 1 saturated carbocycles. The number of carboxylic acids is 1. The maximum atomic E-state index is 15.5. The number of carbonyl (C=O) groups is 1. The molecule has 1 saturated heterocycles. The van der Waals surface area contributed by atoms with Crippen LogP contribution in [0.3, 0.4) is 0 Å². The molecular weight excluding hydrogens is 453 g/mol. The van der Waals surface area contributed by atoms with Crippen molar-refractivity contribution in [1.29, 1.82) is 0 Å². The number of aromatic nitrogens is 1. The molecule has 190 valence electrons. The number of hydrogen-bond acceptors (Lipinski definition) is 3. The van der Waals surface area contributed by atoms with Gasteiger partial charge in [0, 0.05) is 47.2 Å². The van der Waals surface area contributed by atoms with Gasteiger partial charge in [-0.05, 0) is 75.4 Å². The fourth-order valence-electron chi connectivity index (χ4n) is 6.77. The summed E-state index contributed by atoms with van der Waals surface area (Å²) in [6.07, 6.45) is 7.15. The first-order valence-corrected chi connectivity index (χ1v) is 13.7. The minimum Gasteiger partial charge on any atom is -0.478 e. The molecule has 0 spiro atoms. The van der Waals surface area contributed by atoms with Crippen LogP contribution >= 0.6 is 0 Å². The maximum Gasteiger partial charge on any atom is 0.335 e. The number of rotatable bonds is 5. The van der Waals surface area contributed by atoms with E-state index in [2.05, 4.69) is 39.0 Å². The van der Waals surface area contributed by atoms with Crippen LogP contribution in [0.1, 0.15) is 73.2 Å². The van der Waals surface area contributed by atoms with E-state index in [4.69, 9.17) is 0 Å². The minimum absolute atomic E-state index is 0.161. The van der Waals surface area contributed by atoms with Gasteiger partial charge in [0.05, 0.1) is 11.3 Å². The first-order chi connectivity index (χ1) is 17.6. The Kier molecular flexibility index (Phi) is 6.46. The van der Waals surface area contributed by atoms with Gasteiger partial charge < -0.3 is 19.9 Å². The van der Waals surface area contributed by atoms with E-state index < -0.39 is 12.1 Å². The molecule has 3 aromatic rings. The fourth-order valence-corrected chi connectivity index (χ4v) is 6.77. The van der Waals surface area contributed by atoms with Crippen molar-refractivity contribution in [3.8, 4) is 11.3 Å². The highest BCUT2D eigenvalue weighted by atomic mass is 19.1. The molecule has 3 heterocycles. The third-order valence-corrected chi connectivity index (χ3v) is 8.64. The summed E-state index contributed by atoms with van der Waals surface area (Å²) in [7, 11) is 0. The van der Waals surface area contributed by atoms with Crippen molar-refractivity contribution in [3.05, 3.63) is 53.6 Å². The van der Waals surface area contributed by atoms with Crippen LogP contribution in [0.2, 0.25) is 0 Å². The smallest absolute Gasteiger partial charge is 0.335 e. The third-order valence-electron chi connectivity index (χ3n) is 8.64. The first kappa shape index (κ1) is 23.5. The van der Waals surface area contributed by atoms with Crippen LogP contribution in [-0.4, -0.2) is 52.4 Å². The van der Waals surface area contributed by atoms with E-state index in [9.17, 15) is 9.90 Å². The molecule has 1 aromatic heterocycles. The van der Waals surface area contributed by atoms with E-state index in [-0.39, 0.29) is 11.5 Å². The Morgan fingerprint density at radius 2 is 1.81 bits per heavy atom. The topological polar surface area (TPSA) is 57.5 Å². The molecule has 2 unspecified atom stereocenters. The number of halogens is 1. The summed E-state index contributed by atoms with van der Waals surface area (Å²) in [5, 5.41) is 14.6. The number of fused-ring (bicyclic) bond motifs is 5. The highest BCUT2D eigenvalue weighted by Gasteiger charge is 2.34. The molecule has 6 heteroatoms. The SMILES string of the molecule is O=C(O)c1ccc2c(C3CCCC[C@@H]3F)c3n(c2c1)CCC(CCN1CCCC1)Nc1ccccc1-3. The number of aryl methyl sites for hydroxylation is 1. The second kappa shape index (κ2) is 9.89. The summed E-state index contributed by atoms with van der Waals surface area (Å²) in [4.78, 5) is 14.4. The summed E-state index contributed by atoms with van der Waals surface area (Å²) in [6, 6.07) is 14.2.